The molecule has 0 bridgehead atoms. The van der Waals surface area contributed by atoms with E-state index in [2.05, 4.69) is 188 Å². The van der Waals surface area contributed by atoms with Crippen LogP contribution in [0.3, 0.4) is 0 Å². The molecule has 48 heavy (non-hydrogen) atoms. The average Bonchev–Trinajstić information content (AvgIpc) is 3.13. The molecule has 2 nitrogen and oxygen atoms in total. The molecule has 0 saturated heterocycles. The van der Waals surface area contributed by atoms with Crippen LogP contribution in [0.5, 0.6) is 0 Å². The minimum absolute atomic E-state index is 1.06. The Morgan fingerprint density at radius 1 is 0.354 bits per heavy atom. The van der Waals surface area contributed by atoms with Gasteiger partial charge < -0.3 is 10.6 Å². The summed E-state index contributed by atoms with van der Waals surface area (Å²) in [6.45, 7) is 4.53. The summed E-state index contributed by atoms with van der Waals surface area (Å²) in [7, 11) is 0. The van der Waals surface area contributed by atoms with Crippen LogP contribution in [0.2, 0.25) is 0 Å². The van der Waals surface area contributed by atoms with Gasteiger partial charge in [-0.15, -0.1) is 0 Å². The van der Waals surface area contributed by atoms with Gasteiger partial charge in [-0.05, 0) is 117 Å². The van der Waals surface area contributed by atoms with E-state index in [4.69, 9.17) is 0 Å². The standard InChI is InChI=1S/C46H36N2/c1-31-29-37(47-35-19-5-3-6-20-35)27-28-38(31)45-32(2)46(42-26-14-18-34-16-10-12-24-40(34)42)44(48-36-21-7-4-8-22-36)30-43(45)41-25-13-17-33-15-9-11-23-39(33)41/h3-30,47-48H,1-2H3. The zero-order chi connectivity index (χ0) is 32.5. The molecule has 2 heteroatoms. The molecule has 0 atom stereocenters. The van der Waals surface area contributed by atoms with Crippen LogP contribution in [0.15, 0.2) is 170 Å². The largest absolute Gasteiger partial charge is 0.356 e. The zero-order valence-corrected chi connectivity index (χ0v) is 27.2. The van der Waals surface area contributed by atoms with Crippen molar-refractivity contribution in [2.24, 2.45) is 0 Å². The quantitative estimate of drug-likeness (QED) is 0.186. The van der Waals surface area contributed by atoms with E-state index < -0.39 is 0 Å². The van der Waals surface area contributed by atoms with Crippen LogP contribution < -0.4 is 10.6 Å². The predicted molar refractivity (Wildman–Crippen MR) is 207 cm³/mol. The molecule has 0 radical (unpaired) electrons. The van der Waals surface area contributed by atoms with E-state index in [1.54, 1.807) is 0 Å². The van der Waals surface area contributed by atoms with Gasteiger partial charge in [-0.25, -0.2) is 0 Å². The molecule has 8 aromatic carbocycles. The van der Waals surface area contributed by atoms with E-state index in [1.165, 1.54) is 66.1 Å². The number of benzene rings is 8. The highest BCUT2D eigenvalue weighted by Crippen LogP contribution is 2.48. The smallest absolute Gasteiger partial charge is 0.0473 e. The monoisotopic (exact) mass is 616 g/mol. The third kappa shape index (κ3) is 5.48. The molecule has 0 aliphatic carbocycles. The maximum atomic E-state index is 3.85. The van der Waals surface area contributed by atoms with Crippen LogP contribution in [0.25, 0.3) is 54.9 Å². The van der Waals surface area contributed by atoms with Gasteiger partial charge in [0.25, 0.3) is 0 Å². The maximum absolute atomic E-state index is 3.85. The van der Waals surface area contributed by atoms with Gasteiger partial charge in [0.05, 0.1) is 0 Å². The van der Waals surface area contributed by atoms with E-state index in [0.29, 0.717) is 0 Å². The number of nitrogens with one attached hydrogen (secondary N) is 2. The number of rotatable bonds is 7. The highest BCUT2D eigenvalue weighted by Gasteiger charge is 2.22. The predicted octanol–water partition coefficient (Wildman–Crippen LogP) is 13.1. The first-order valence-electron chi connectivity index (χ1n) is 16.5. The molecule has 0 spiro atoms. The Hall–Kier alpha value is -6.12. The van der Waals surface area contributed by atoms with Crippen LogP contribution in [0, 0.1) is 13.8 Å². The first kappa shape index (κ1) is 29.3. The summed E-state index contributed by atoms with van der Waals surface area (Å²) in [5.41, 5.74) is 14.1. The van der Waals surface area contributed by atoms with Crippen molar-refractivity contribution in [3.8, 4) is 33.4 Å². The lowest BCUT2D eigenvalue weighted by molar-refractivity contribution is 1.39. The summed E-state index contributed by atoms with van der Waals surface area (Å²) in [5, 5.41) is 12.4. The molecular weight excluding hydrogens is 581 g/mol. The van der Waals surface area contributed by atoms with Crippen molar-refractivity contribution in [2.45, 2.75) is 13.8 Å². The summed E-state index contributed by atoms with van der Waals surface area (Å²) >= 11 is 0. The van der Waals surface area contributed by atoms with Gasteiger partial charge in [0.2, 0.25) is 0 Å². The fourth-order valence-electron chi connectivity index (χ4n) is 7.11. The number of hydrogen-bond donors (Lipinski definition) is 2. The molecule has 8 rings (SSSR count). The topological polar surface area (TPSA) is 24.1 Å². The maximum Gasteiger partial charge on any atom is 0.0473 e. The molecule has 2 N–H and O–H groups in total. The second-order valence-electron chi connectivity index (χ2n) is 12.4. The van der Waals surface area contributed by atoms with Crippen LogP contribution in [-0.4, -0.2) is 0 Å². The SMILES string of the molecule is Cc1cc(Nc2ccccc2)ccc1-c1c(-c2cccc3ccccc23)cc(Nc2ccccc2)c(-c2cccc3ccccc23)c1C. The Kier molecular flexibility index (Phi) is 7.68. The number of hydrogen-bond acceptors (Lipinski definition) is 2. The molecule has 0 heterocycles. The highest BCUT2D eigenvalue weighted by atomic mass is 14.9. The molecule has 230 valence electrons. The van der Waals surface area contributed by atoms with E-state index >= 15 is 0 Å². The first-order chi connectivity index (χ1) is 23.6. The summed E-state index contributed by atoms with van der Waals surface area (Å²) in [4.78, 5) is 0. The molecule has 8 aromatic rings. The second-order valence-corrected chi connectivity index (χ2v) is 12.4. The first-order valence-corrected chi connectivity index (χ1v) is 16.5. The molecular formula is C46H36N2. The van der Waals surface area contributed by atoms with Crippen molar-refractivity contribution in [3.63, 3.8) is 0 Å². The fourth-order valence-corrected chi connectivity index (χ4v) is 7.11. The fraction of sp³-hybridized carbons (Fsp3) is 0.0435. The van der Waals surface area contributed by atoms with Gasteiger partial charge in [0.15, 0.2) is 0 Å². The normalized spacial score (nSPS) is 11.1. The zero-order valence-electron chi connectivity index (χ0n) is 27.2. The van der Waals surface area contributed by atoms with Gasteiger partial charge in [0.1, 0.15) is 0 Å². The van der Waals surface area contributed by atoms with Crippen LogP contribution in [0.4, 0.5) is 22.7 Å². The average molecular weight is 617 g/mol. The molecule has 0 aliphatic heterocycles. The molecule has 0 aromatic heterocycles. The minimum atomic E-state index is 1.06. The Bertz CT molecular complexity index is 2400. The van der Waals surface area contributed by atoms with E-state index in [1.807, 2.05) is 6.07 Å². The van der Waals surface area contributed by atoms with Crippen LogP contribution in [0.1, 0.15) is 11.1 Å². The molecule has 0 aliphatic rings. The van der Waals surface area contributed by atoms with Gasteiger partial charge in [-0.1, -0.05) is 127 Å². The molecule has 0 amide bonds. The van der Waals surface area contributed by atoms with E-state index in [-0.39, 0.29) is 0 Å². The molecule has 0 saturated carbocycles. The third-order valence-corrected chi connectivity index (χ3v) is 9.33. The lowest BCUT2D eigenvalue weighted by Gasteiger charge is -2.25. The lowest BCUT2D eigenvalue weighted by Crippen LogP contribution is -2.02. The van der Waals surface area contributed by atoms with Crippen LogP contribution in [-0.2, 0) is 0 Å². The van der Waals surface area contributed by atoms with Gasteiger partial charge in [-0.3, -0.25) is 0 Å². The third-order valence-electron chi connectivity index (χ3n) is 9.33. The minimum Gasteiger partial charge on any atom is -0.356 e. The van der Waals surface area contributed by atoms with E-state index in [0.717, 1.165) is 22.7 Å². The van der Waals surface area contributed by atoms with Crippen molar-refractivity contribution >= 4 is 44.3 Å². The highest BCUT2D eigenvalue weighted by molar-refractivity contribution is 6.08. The lowest BCUT2D eigenvalue weighted by atomic mass is 9.82. The second kappa shape index (κ2) is 12.6. The summed E-state index contributed by atoms with van der Waals surface area (Å²) in [6.07, 6.45) is 0. The Morgan fingerprint density at radius 3 is 1.54 bits per heavy atom. The van der Waals surface area contributed by atoms with Crippen LogP contribution >= 0.6 is 0 Å². The Balaban J connectivity index is 1.43. The Morgan fingerprint density at radius 2 is 0.896 bits per heavy atom. The van der Waals surface area contributed by atoms with E-state index in [9.17, 15) is 0 Å². The van der Waals surface area contributed by atoms with Gasteiger partial charge >= 0.3 is 0 Å². The summed E-state index contributed by atoms with van der Waals surface area (Å²) < 4.78 is 0. The summed E-state index contributed by atoms with van der Waals surface area (Å²) in [5.74, 6) is 0. The van der Waals surface area contributed by atoms with Crippen molar-refractivity contribution < 1.29 is 0 Å². The molecule has 0 fully saturated rings. The van der Waals surface area contributed by atoms with Crippen molar-refractivity contribution in [3.05, 3.63) is 181 Å². The van der Waals surface area contributed by atoms with Crippen molar-refractivity contribution in [2.75, 3.05) is 10.6 Å². The van der Waals surface area contributed by atoms with Crippen molar-refractivity contribution in [1.82, 2.24) is 0 Å². The number of para-hydroxylation sites is 2. The number of aryl methyl sites for hydroxylation is 1. The van der Waals surface area contributed by atoms with Gasteiger partial charge in [-0.2, -0.15) is 0 Å². The number of fused-ring (bicyclic) bond motifs is 2. The summed E-state index contributed by atoms with van der Waals surface area (Å²) in [6, 6.07) is 60.7. The van der Waals surface area contributed by atoms with Crippen molar-refractivity contribution in [1.29, 1.82) is 0 Å². The Labute approximate surface area is 282 Å². The number of anilines is 4. The van der Waals surface area contributed by atoms with Gasteiger partial charge in [0, 0.05) is 28.3 Å². The molecule has 0 unspecified atom stereocenters.